The van der Waals surface area contributed by atoms with Gasteiger partial charge in [-0.1, -0.05) is 31.9 Å². The van der Waals surface area contributed by atoms with E-state index in [1.165, 1.54) is 44.9 Å². The molecule has 22 heavy (non-hydrogen) atoms. The number of carbonyl (C=O) groups excluding carboxylic acids is 1. The lowest BCUT2D eigenvalue weighted by Gasteiger charge is -2.57. The normalized spacial score (nSPS) is 50.4. The maximum atomic E-state index is 10.7. The highest BCUT2D eigenvalue weighted by Gasteiger charge is 2.55. The van der Waals surface area contributed by atoms with Crippen molar-refractivity contribution >= 4 is 6.47 Å². The van der Waals surface area contributed by atoms with Crippen LogP contribution in [0.25, 0.3) is 0 Å². The molecule has 0 N–H and O–H groups in total. The maximum Gasteiger partial charge on any atom is 0.293 e. The first-order valence-corrected chi connectivity index (χ1v) is 9.35. The molecule has 3 saturated carbocycles. The molecule has 6 unspecified atom stereocenters. The minimum atomic E-state index is 0.133. The number of hydrogen-bond acceptors (Lipinski definition) is 2. The molecular weight excluding hydrogens is 272 g/mol. The van der Waals surface area contributed by atoms with Crippen molar-refractivity contribution in [1.82, 2.24) is 0 Å². The van der Waals surface area contributed by atoms with Crippen molar-refractivity contribution in [3.05, 3.63) is 11.6 Å². The fraction of sp³-hybridized carbons (Fsp3) is 0.850. The third-order valence-electron chi connectivity index (χ3n) is 8.09. The molecule has 0 spiro atoms. The Hall–Kier alpha value is -0.790. The Balaban J connectivity index is 1.61. The molecule has 2 nitrogen and oxygen atoms in total. The highest BCUT2D eigenvalue weighted by molar-refractivity contribution is 5.38. The first-order valence-electron chi connectivity index (χ1n) is 9.35. The second kappa shape index (κ2) is 5.11. The molecule has 0 saturated heterocycles. The first kappa shape index (κ1) is 14.8. The van der Waals surface area contributed by atoms with Crippen LogP contribution in [-0.2, 0) is 9.53 Å². The molecule has 0 radical (unpaired) electrons. The molecule has 0 aliphatic heterocycles. The maximum absolute atomic E-state index is 10.7. The molecule has 4 rings (SSSR count). The van der Waals surface area contributed by atoms with E-state index in [4.69, 9.17) is 4.74 Å². The quantitative estimate of drug-likeness (QED) is 0.537. The van der Waals surface area contributed by atoms with E-state index in [0.29, 0.717) is 17.3 Å². The van der Waals surface area contributed by atoms with Crippen LogP contribution in [0.5, 0.6) is 0 Å². The van der Waals surface area contributed by atoms with Gasteiger partial charge in [0.25, 0.3) is 6.47 Å². The smallest absolute Gasteiger partial charge is 0.293 e. The molecule has 4 aliphatic rings. The minimum Gasteiger partial charge on any atom is -0.464 e. The van der Waals surface area contributed by atoms with Crippen LogP contribution >= 0.6 is 0 Å². The highest BCUT2D eigenvalue weighted by Crippen LogP contribution is 2.64. The zero-order chi connectivity index (χ0) is 15.4. The van der Waals surface area contributed by atoms with E-state index in [1.807, 2.05) is 0 Å². The number of allylic oxidation sites excluding steroid dienone is 1. The Bertz CT molecular complexity index is 496. The van der Waals surface area contributed by atoms with Gasteiger partial charge in [0.2, 0.25) is 0 Å². The Morgan fingerprint density at radius 2 is 2.00 bits per heavy atom. The lowest BCUT2D eigenvalue weighted by molar-refractivity contribution is -0.135. The largest absolute Gasteiger partial charge is 0.464 e. The molecule has 6 atom stereocenters. The summed E-state index contributed by atoms with van der Waals surface area (Å²) in [7, 11) is 0. The summed E-state index contributed by atoms with van der Waals surface area (Å²) in [6, 6.07) is 0. The van der Waals surface area contributed by atoms with E-state index in [0.717, 1.165) is 30.6 Å². The zero-order valence-corrected chi connectivity index (χ0v) is 14.1. The van der Waals surface area contributed by atoms with Crippen LogP contribution in [0, 0.1) is 28.6 Å². The van der Waals surface area contributed by atoms with Crippen molar-refractivity contribution in [2.45, 2.75) is 77.7 Å². The van der Waals surface area contributed by atoms with E-state index < -0.39 is 0 Å². The second-order valence-corrected chi connectivity index (χ2v) is 8.94. The number of carbonyl (C=O) groups is 1. The van der Waals surface area contributed by atoms with Crippen molar-refractivity contribution in [1.29, 1.82) is 0 Å². The van der Waals surface area contributed by atoms with Gasteiger partial charge in [-0.2, -0.15) is 0 Å². The summed E-state index contributed by atoms with van der Waals surface area (Å²) in [5, 5.41) is 0. The standard InChI is InChI=1S/C20H30O2/c1-19-9-3-4-17(19)16-6-5-14-12-15(22-13-21)7-11-20(14,2)18(16)8-10-19/h5,13,15-18H,3-4,6-12H2,1-2H3. The van der Waals surface area contributed by atoms with Crippen LogP contribution in [0.4, 0.5) is 0 Å². The minimum absolute atomic E-state index is 0.133. The molecule has 2 heteroatoms. The monoisotopic (exact) mass is 302 g/mol. The van der Waals surface area contributed by atoms with Crippen molar-refractivity contribution in [3.8, 4) is 0 Å². The third kappa shape index (κ3) is 2.02. The molecule has 0 aromatic rings. The molecule has 122 valence electrons. The van der Waals surface area contributed by atoms with Crippen LogP contribution in [0.15, 0.2) is 11.6 Å². The van der Waals surface area contributed by atoms with Gasteiger partial charge in [0.1, 0.15) is 6.10 Å². The topological polar surface area (TPSA) is 26.3 Å². The van der Waals surface area contributed by atoms with Gasteiger partial charge in [-0.15, -0.1) is 0 Å². The Labute approximate surface area is 134 Å². The van der Waals surface area contributed by atoms with Crippen molar-refractivity contribution in [3.63, 3.8) is 0 Å². The van der Waals surface area contributed by atoms with Gasteiger partial charge in [0.05, 0.1) is 0 Å². The van der Waals surface area contributed by atoms with Gasteiger partial charge in [0.15, 0.2) is 0 Å². The predicted octanol–water partition coefficient (Wildman–Crippen LogP) is 4.88. The zero-order valence-electron chi connectivity index (χ0n) is 14.1. The summed E-state index contributed by atoms with van der Waals surface area (Å²) in [6.07, 6.45) is 14.5. The molecule has 0 aromatic carbocycles. The van der Waals surface area contributed by atoms with Crippen LogP contribution in [-0.4, -0.2) is 12.6 Å². The number of fused-ring (bicyclic) bond motifs is 5. The Morgan fingerprint density at radius 1 is 1.14 bits per heavy atom. The Kier molecular flexibility index (Phi) is 3.43. The number of hydrogen-bond donors (Lipinski definition) is 0. The predicted molar refractivity (Wildman–Crippen MR) is 87.3 cm³/mol. The van der Waals surface area contributed by atoms with Crippen molar-refractivity contribution in [2.75, 3.05) is 0 Å². The van der Waals surface area contributed by atoms with Gasteiger partial charge < -0.3 is 4.74 Å². The average molecular weight is 302 g/mol. The second-order valence-electron chi connectivity index (χ2n) is 8.94. The van der Waals surface area contributed by atoms with Crippen LogP contribution in [0.1, 0.15) is 71.6 Å². The summed E-state index contributed by atoms with van der Waals surface area (Å²) in [5.74, 6) is 2.75. The molecule has 0 aromatic heterocycles. The molecule has 0 bridgehead atoms. The summed E-state index contributed by atoms with van der Waals surface area (Å²) in [5.41, 5.74) is 2.63. The first-order chi connectivity index (χ1) is 10.6. The molecule has 0 amide bonds. The van der Waals surface area contributed by atoms with Crippen LogP contribution in [0.3, 0.4) is 0 Å². The van der Waals surface area contributed by atoms with Crippen molar-refractivity contribution in [2.24, 2.45) is 28.6 Å². The highest BCUT2D eigenvalue weighted by atomic mass is 16.5. The van der Waals surface area contributed by atoms with E-state index in [1.54, 1.807) is 5.57 Å². The lowest BCUT2D eigenvalue weighted by Crippen LogP contribution is -2.49. The number of ether oxygens (including phenoxy) is 1. The van der Waals surface area contributed by atoms with Gasteiger partial charge in [-0.25, -0.2) is 0 Å². The molecule has 3 fully saturated rings. The van der Waals surface area contributed by atoms with E-state index in [-0.39, 0.29) is 6.10 Å². The van der Waals surface area contributed by atoms with Crippen molar-refractivity contribution < 1.29 is 9.53 Å². The van der Waals surface area contributed by atoms with Crippen LogP contribution < -0.4 is 0 Å². The molecule has 0 heterocycles. The molecule has 4 aliphatic carbocycles. The van der Waals surface area contributed by atoms with E-state index >= 15 is 0 Å². The summed E-state index contributed by atoms with van der Waals surface area (Å²) in [4.78, 5) is 10.7. The fourth-order valence-electron chi connectivity index (χ4n) is 6.82. The van der Waals surface area contributed by atoms with Gasteiger partial charge in [-0.3, -0.25) is 4.79 Å². The molecular formula is C20H30O2. The third-order valence-corrected chi connectivity index (χ3v) is 8.09. The van der Waals surface area contributed by atoms with Gasteiger partial charge in [0, 0.05) is 6.42 Å². The van der Waals surface area contributed by atoms with Crippen LogP contribution in [0.2, 0.25) is 0 Å². The number of rotatable bonds is 2. The summed E-state index contributed by atoms with van der Waals surface area (Å²) < 4.78 is 5.28. The average Bonchev–Trinajstić information content (AvgIpc) is 2.89. The van der Waals surface area contributed by atoms with E-state index in [9.17, 15) is 4.79 Å². The summed E-state index contributed by atoms with van der Waals surface area (Å²) in [6.45, 7) is 5.73. The van der Waals surface area contributed by atoms with E-state index in [2.05, 4.69) is 19.9 Å². The van der Waals surface area contributed by atoms with Gasteiger partial charge >= 0.3 is 0 Å². The van der Waals surface area contributed by atoms with Gasteiger partial charge in [-0.05, 0) is 73.5 Å². The fourth-order valence-corrected chi connectivity index (χ4v) is 6.82. The Morgan fingerprint density at radius 3 is 2.82 bits per heavy atom. The summed E-state index contributed by atoms with van der Waals surface area (Å²) >= 11 is 0. The lowest BCUT2D eigenvalue weighted by atomic mass is 9.48. The SMILES string of the molecule is CC12CCCC1C1CC=C3CC(OC=O)CCC3(C)C1CC2.